The van der Waals surface area contributed by atoms with Gasteiger partial charge in [0, 0.05) is 12.3 Å². The van der Waals surface area contributed by atoms with Gasteiger partial charge in [0.1, 0.15) is 6.61 Å². The van der Waals surface area contributed by atoms with Crippen LogP contribution in [0.2, 0.25) is 0 Å². The molecule has 1 heterocycles. The molecule has 0 radical (unpaired) electrons. The highest BCUT2D eigenvalue weighted by molar-refractivity contribution is 7.14. The molecule has 150 valence electrons. The zero-order valence-electron chi connectivity index (χ0n) is 16.8. The number of anilines is 2. The molecule has 1 amide bonds. The maximum Gasteiger partial charge on any atom is 0.338 e. The average Bonchev–Trinajstić information content (AvgIpc) is 3.20. The fraction of sp³-hybridized carbons (Fsp3) is 0.261. The number of hydrogen-bond acceptors (Lipinski definition) is 5. The van der Waals surface area contributed by atoms with Crippen molar-refractivity contribution < 1.29 is 14.3 Å². The molecule has 0 fully saturated rings. The van der Waals surface area contributed by atoms with Gasteiger partial charge >= 0.3 is 5.97 Å². The van der Waals surface area contributed by atoms with Crippen molar-refractivity contribution in [1.29, 1.82) is 0 Å². The Bertz CT molecular complexity index is 978. The van der Waals surface area contributed by atoms with Crippen molar-refractivity contribution in [2.75, 3.05) is 4.90 Å². The summed E-state index contributed by atoms with van der Waals surface area (Å²) < 4.78 is 5.38. The Morgan fingerprint density at radius 3 is 2.10 bits per heavy atom. The second-order valence-corrected chi connectivity index (χ2v) is 7.46. The summed E-state index contributed by atoms with van der Waals surface area (Å²) in [5.74, 6) is -0.510. The first-order valence-corrected chi connectivity index (χ1v) is 10.5. The molecule has 0 saturated heterocycles. The van der Waals surface area contributed by atoms with E-state index in [0.29, 0.717) is 16.4 Å². The SMILES string of the molecule is CCc1ccc(C(=O)OCc2csc(N(C(C)=O)c3ccc(CC)cc3)n2)cc1. The number of ether oxygens (including phenoxy) is 1. The molecule has 0 spiro atoms. The highest BCUT2D eigenvalue weighted by atomic mass is 32.1. The average molecular weight is 409 g/mol. The molecule has 29 heavy (non-hydrogen) atoms. The van der Waals surface area contributed by atoms with Gasteiger partial charge in [0.2, 0.25) is 5.91 Å². The van der Waals surface area contributed by atoms with Crippen LogP contribution in [0.15, 0.2) is 53.9 Å². The van der Waals surface area contributed by atoms with Gasteiger partial charge in [-0.15, -0.1) is 11.3 Å². The van der Waals surface area contributed by atoms with E-state index in [0.717, 1.165) is 18.5 Å². The molecule has 0 atom stereocenters. The van der Waals surface area contributed by atoms with E-state index in [9.17, 15) is 9.59 Å². The van der Waals surface area contributed by atoms with Crippen molar-refractivity contribution >= 4 is 34.0 Å². The predicted octanol–water partition coefficient (Wildman–Crippen LogP) is 5.31. The van der Waals surface area contributed by atoms with Crippen LogP contribution in [0.25, 0.3) is 0 Å². The van der Waals surface area contributed by atoms with E-state index in [4.69, 9.17) is 4.74 Å². The number of aryl methyl sites for hydroxylation is 2. The van der Waals surface area contributed by atoms with E-state index < -0.39 is 0 Å². The third-order valence-corrected chi connectivity index (χ3v) is 5.47. The Kier molecular flexibility index (Phi) is 6.77. The number of amides is 1. The van der Waals surface area contributed by atoms with Crippen LogP contribution in [0.3, 0.4) is 0 Å². The molecule has 0 saturated carbocycles. The molecule has 5 nitrogen and oxygen atoms in total. The van der Waals surface area contributed by atoms with E-state index in [-0.39, 0.29) is 18.5 Å². The minimum Gasteiger partial charge on any atom is -0.456 e. The number of rotatable bonds is 7. The van der Waals surface area contributed by atoms with E-state index in [1.807, 2.05) is 36.4 Å². The van der Waals surface area contributed by atoms with Crippen LogP contribution in [0.5, 0.6) is 0 Å². The summed E-state index contributed by atoms with van der Waals surface area (Å²) in [5.41, 5.74) is 4.26. The standard InChI is InChI=1S/C23H24N2O3S/c1-4-17-6-10-19(11-7-17)22(27)28-14-20-15-29-23(24-20)25(16(3)26)21-12-8-18(5-2)9-13-21/h6-13,15H,4-5,14H2,1-3H3. The fourth-order valence-corrected chi connectivity index (χ4v) is 3.74. The Morgan fingerprint density at radius 1 is 0.966 bits per heavy atom. The van der Waals surface area contributed by atoms with Crippen molar-refractivity contribution in [1.82, 2.24) is 4.98 Å². The quantitative estimate of drug-likeness (QED) is 0.497. The van der Waals surface area contributed by atoms with Crippen LogP contribution in [0.4, 0.5) is 10.8 Å². The summed E-state index contributed by atoms with van der Waals surface area (Å²) in [7, 11) is 0. The number of carbonyl (C=O) groups is 2. The van der Waals surface area contributed by atoms with Crippen LogP contribution in [0, 0.1) is 0 Å². The lowest BCUT2D eigenvalue weighted by atomic mass is 10.1. The topological polar surface area (TPSA) is 59.5 Å². The van der Waals surface area contributed by atoms with E-state index in [1.165, 1.54) is 29.4 Å². The molecule has 0 N–H and O–H groups in total. The molecule has 1 aromatic heterocycles. The number of carbonyl (C=O) groups excluding carboxylic acids is 2. The summed E-state index contributed by atoms with van der Waals surface area (Å²) in [6, 6.07) is 15.2. The number of esters is 1. The van der Waals surface area contributed by atoms with Gasteiger partial charge in [0.05, 0.1) is 16.9 Å². The molecular weight excluding hydrogens is 384 g/mol. The third kappa shape index (κ3) is 5.09. The normalized spacial score (nSPS) is 10.6. The molecular formula is C23H24N2O3S. The summed E-state index contributed by atoms with van der Waals surface area (Å²) in [6.45, 7) is 5.72. The van der Waals surface area contributed by atoms with Crippen LogP contribution in [0.1, 0.15) is 48.0 Å². The maximum atomic E-state index is 12.2. The van der Waals surface area contributed by atoms with Gasteiger partial charge in [-0.2, -0.15) is 0 Å². The molecule has 6 heteroatoms. The second kappa shape index (κ2) is 9.47. The molecule has 0 aliphatic rings. The highest BCUT2D eigenvalue weighted by Crippen LogP contribution is 2.29. The summed E-state index contributed by atoms with van der Waals surface area (Å²) in [4.78, 5) is 30.5. The van der Waals surface area contributed by atoms with Gasteiger partial charge in [-0.3, -0.25) is 9.69 Å². The lowest BCUT2D eigenvalue weighted by Crippen LogP contribution is -2.22. The van der Waals surface area contributed by atoms with E-state index >= 15 is 0 Å². The third-order valence-electron chi connectivity index (χ3n) is 4.60. The molecule has 0 aliphatic heterocycles. The first kappa shape index (κ1) is 20.7. The lowest BCUT2D eigenvalue weighted by Gasteiger charge is -2.18. The van der Waals surface area contributed by atoms with Crippen molar-refractivity contribution in [3.8, 4) is 0 Å². The van der Waals surface area contributed by atoms with Crippen molar-refractivity contribution in [3.05, 3.63) is 76.3 Å². The highest BCUT2D eigenvalue weighted by Gasteiger charge is 2.18. The van der Waals surface area contributed by atoms with Gasteiger partial charge in [-0.25, -0.2) is 9.78 Å². The summed E-state index contributed by atoms with van der Waals surface area (Å²) in [5, 5.41) is 2.36. The van der Waals surface area contributed by atoms with E-state index in [1.54, 1.807) is 22.4 Å². The van der Waals surface area contributed by atoms with Gasteiger partial charge in [0.25, 0.3) is 0 Å². The molecule has 0 unspecified atom stereocenters. The first-order chi connectivity index (χ1) is 14.0. The van der Waals surface area contributed by atoms with Crippen molar-refractivity contribution in [2.45, 2.75) is 40.2 Å². The van der Waals surface area contributed by atoms with Crippen molar-refractivity contribution in [2.24, 2.45) is 0 Å². The number of thiazole rings is 1. The first-order valence-electron chi connectivity index (χ1n) is 9.62. The molecule has 2 aromatic carbocycles. The smallest absolute Gasteiger partial charge is 0.338 e. The predicted molar refractivity (Wildman–Crippen MR) is 116 cm³/mol. The van der Waals surface area contributed by atoms with Gasteiger partial charge < -0.3 is 4.74 Å². The molecule has 0 aliphatic carbocycles. The number of benzene rings is 2. The molecule has 0 bridgehead atoms. The monoisotopic (exact) mass is 408 g/mol. The van der Waals surface area contributed by atoms with E-state index in [2.05, 4.69) is 18.8 Å². The van der Waals surface area contributed by atoms with Crippen molar-refractivity contribution in [3.63, 3.8) is 0 Å². The Hall–Kier alpha value is -2.99. The van der Waals surface area contributed by atoms with Crippen LogP contribution in [-0.2, 0) is 29.0 Å². The Balaban J connectivity index is 1.69. The number of nitrogens with zero attached hydrogens (tertiary/aromatic N) is 2. The molecule has 3 rings (SSSR count). The largest absolute Gasteiger partial charge is 0.456 e. The summed E-state index contributed by atoms with van der Waals surface area (Å²) in [6.07, 6.45) is 1.86. The minimum absolute atomic E-state index is 0.0609. The summed E-state index contributed by atoms with van der Waals surface area (Å²) >= 11 is 1.35. The number of aromatic nitrogens is 1. The Labute approximate surface area is 175 Å². The zero-order chi connectivity index (χ0) is 20.8. The van der Waals surface area contributed by atoms with Crippen LogP contribution in [-0.4, -0.2) is 16.9 Å². The van der Waals surface area contributed by atoms with Gasteiger partial charge in [-0.05, 0) is 48.2 Å². The van der Waals surface area contributed by atoms with Crippen LogP contribution < -0.4 is 4.90 Å². The van der Waals surface area contributed by atoms with Gasteiger partial charge in [-0.1, -0.05) is 38.1 Å². The number of hydrogen-bond donors (Lipinski definition) is 0. The lowest BCUT2D eigenvalue weighted by molar-refractivity contribution is -0.115. The van der Waals surface area contributed by atoms with Gasteiger partial charge in [0.15, 0.2) is 5.13 Å². The maximum absolute atomic E-state index is 12.2. The fourth-order valence-electron chi connectivity index (χ4n) is 2.87. The zero-order valence-corrected chi connectivity index (χ0v) is 17.7. The molecule has 3 aromatic rings. The second-order valence-electron chi connectivity index (χ2n) is 6.62. The minimum atomic E-state index is -0.388. The Morgan fingerprint density at radius 2 is 1.55 bits per heavy atom. The van der Waals surface area contributed by atoms with Crippen LogP contribution >= 0.6 is 11.3 Å².